The predicted molar refractivity (Wildman–Crippen MR) is 113 cm³/mol. The summed E-state index contributed by atoms with van der Waals surface area (Å²) in [6, 6.07) is 7.68. The van der Waals surface area contributed by atoms with Crippen molar-refractivity contribution in [1.82, 2.24) is 5.32 Å². The summed E-state index contributed by atoms with van der Waals surface area (Å²) in [5, 5.41) is 13.8. The Hall–Kier alpha value is -2.99. The zero-order valence-electron chi connectivity index (χ0n) is 14.6. The van der Waals surface area contributed by atoms with E-state index >= 15 is 0 Å². The number of nitro groups is 1. The number of urea groups is 1. The first-order valence-corrected chi connectivity index (χ1v) is 9.37. The number of nitrogens with one attached hydrogen (secondary N) is 1. The van der Waals surface area contributed by atoms with Crippen LogP contribution in [-0.2, 0) is 9.59 Å². The molecule has 1 N–H and O–H groups in total. The van der Waals surface area contributed by atoms with E-state index in [-0.39, 0.29) is 28.3 Å². The molecule has 0 unspecified atom stereocenters. The maximum atomic E-state index is 12.8. The second-order valence-electron chi connectivity index (χ2n) is 5.75. The van der Waals surface area contributed by atoms with Crippen LogP contribution >= 0.6 is 34.2 Å². The third-order valence-corrected chi connectivity index (χ3v) is 5.00. The molecule has 11 heteroatoms. The zero-order chi connectivity index (χ0) is 21.3. The summed E-state index contributed by atoms with van der Waals surface area (Å²) in [6.07, 6.45) is 1.18. The standard InChI is InChI=1S/C18H11ClIN3O6/c1-29-15-13(20)7-9(8-14(15)23(27)28)6-12-16(24)21-18(26)22(17(12)25)11-4-2-10(19)3-5-11/h2-8H,1H3,(H,21,24,26)/b12-6+. The lowest BCUT2D eigenvalue weighted by Crippen LogP contribution is -2.54. The molecular weight excluding hydrogens is 517 g/mol. The van der Waals surface area contributed by atoms with Gasteiger partial charge in [-0.25, -0.2) is 9.69 Å². The molecule has 2 aromatic carbocycles. The molecule has 0 radical (unpaired) electrons. The summed E-state index contributed by atoms with van der Waals surface area (Å²) < 4.78 is 5.46. The van der Waals surface area contributed by atoms with Gasteiger partial charge in [0.1, 0.15) is 5.57 Å². The molecule has 1 heterocycles. The highest BCUT2D eigenvalue weighted by atomic mass is 127. The maximum absolute atomic E-state index is 12.8. The van der Waals surface area contributed by atoms with Crippen molar-refractivity contribution in [3.05, 3.63) is 66.2 Å². The van der Waals surface area contributed by atoms with Crippen LogP contribution in [0.2, 0.25) is 5.02 Å². The van der Waals surface area contributed by atoms with Gasteiger partial charge in [0.25, 0.3) is 11.8 Å². The number of halogens is 2. The van der Waals surface area contributed by atoms with Crippen molar-refractivity contribution >= 4 is 69.5 Å². The Labute approximate surface area is 182 Å². The molecule has 0 atom stereocenters. The minimum absolute atomic E-state index is 0.0649. The number of benzene rings is 2. The summed E-state index contributed by atoms with van der Waals surface area (Å²) in [7, 11) is 1.30. The first kappa shape index (κ1) is 20.7. The Morgan fingerprint density at radius 3 is 2.45 bits per heavy atom. The van der Waals surface area contributed by atoms with Crippen LogP contribution in [0.4, 0.5) is 16.2 Å². The molecule has 29 heavy (non-hydrogen) atoms. The van der Waals surface area contributed by atoms with Crippen LogP contribution in [0, 0.1) is 13.7 Å². The van der Waals surface area contributed by atoms with Gasteiger partial charge >= 0.3 is 11.7 Å². The average molecular weight is 528 g/mol. The fraction of sp³-hybridized carbons (Fsp3) is 0.0556. The van der Waals surface area contributed by atoms with E-state index in [1.165, 1.54) is 49.6 Å². The Morgan fingerprint density at radius 2 is 1.86 bits per heavy atom. The van der Waals surface area contributed by atoms with Gasteiger partial charge in [0.05, 0.1) is 21.3 Å². The lowest BCUT2D eigenvalue weighted by molar-refractivity contribution is -0.385. The molecule has 0 aromatic heterocycles. The topological polar surface area (TPSA) is 119 Å². The van der Waals surface area contributed by atoms with Crippen LogP contribution in [-0.4, -0.2) is 29.9 Å². The Kier molecular flexibility index (Phi) is 5.84. The van der Waals surface area contributed by atoms with E-state index in [1.807, 2.05) is 22.6 Å². The fourth-order valence-electron chi connectivity index (χ4n) is 2.67. The van der Waals surface area contributed by atoms with Gasteiger partial charge in [0.2, 0.25) is 5.75 Å². The van der Waals surface area contributed by atoms with Crippen LogP contribution in [0.25, 0.3) is 6.08 Å². The van der Waals surface area contributed by atoms with Crippen LogP contribution in [0.5, 0.6) is 5.75 Å². The minimum atomic E-state index is -0.908. The fourth-order valence-corrected chi connectivity index (χ4v) is 3.65. The van der Waals surface area contributed by atoms with Gasteiger partial charge in [-0.3, -0.25) is 25.0 Å². The molecule has 1 aliphatic heterocycles. The van der Waals surface area contributed by atoms with Crippen LogP contribution in [0.1, 0.15) is 5.56 Å². The molecule has 0 aliphatic carbocycles. The van der Waals surface area contributed by atoms with E-state index in [0.29, 0.717) is 8.59 Å². The molecular formula is C18H11ClIN3O6. The maximum Gasteiger partial charge on any atom is 0.335 e. The zero-order valence-corrected chi connectivity index (χ0v) is 17.6. The number of hydrogen-bond donors (Lipinski definition) is 1. The van der Waals surface area contributed by atoms with Gasteiger partial charge in [-0.1, -0.05) is 11.6 Å². The minimum Gasteiger partial charge on any atom is -0.489 e. The number of amides is 4. The molecule has 0 bridgehead atoms. The highest BCUT2D eigenvalue weighted by Crippen LogP contribution is 2.34. The van der Waals surface area contributed by atoms with Gasteiger partial charge in [-0.15, -0.1) is 0 Å². The highest BCUT2D eigenvalue weighted by Gasteiger charge is 2.37. The van der Waals surface area contributed by atoms with Crippen molar-refractivity contribution in [2.75, 3.05) is 12.0 Å². The number of nitro benzene ring substituents is 1. The van der Waals surface area contributed by atoms with Crippen molar-refractivity contribution in [2.45, 2.75) is 0 Å². The van der Waals surface area contributed by atoms with E-state index in [9.17, 15) is 24.5 Å². The van der Waals surface area contributed by atoms with E-state index in [4.69, 9.17) is 16.3 Å². The number of methoxy groups -OCH3 is 1. The smallest absolute Gasteiger partial charge is 0.335 e. The SMILES string of the molecule is COc1c(I)cc(/C=C2\C(=O)NC(=O)N(c3ccc(Cl)cc3)C2=O)cc1[N+](=O)[O-]. The molecule has 2 aromatic rings. The summed E-state index contributed by atoms with van der Waals surface area (Å²) >= 11 is 7.68. The third-order valence-electron chi connectivity index (χ3n) is 3.94. The molecule has 0 saturated carbocycles. The van der Waals surface area contributed by atoms with E-state index in [2.05, 4.69) is 5.32 Å². The van der Waals surface area contributed by atoms with Crippen molar-refractivity contribution in [3.8, 4) is 5.75 Å². The quantitative estimate of drug-likeness (QED) is 0.214. The van der Waals surface area contributed by atoms with Crippen LogP contribution in [0.15, 0.2) is 42.0 Å². The van der Waals surface area contributed by atoms with Crippen molar-refractivity contribution in [1.29, 1.82) is 0 Å². The summed E-state index contributed by atoms with van der Waals surface area (Å²) in [5.41, 5.74) is -0.230. The van der Waals surface area contributed by atoms with Crippen LogP contribution in [0.3, 0.4) is 0 Å². The number of rotatable bonds is 4. The van der Waals surface area contributed by atoms with Gasteiger partial charge < -0.3 is 4.74 Å². The number of ether oxygens (including phenoxy) is 1. The lowest BCUT2D eigenvalue weighted by Gasteiger charge is -2.26. The first-order chi connectivity index (χ1) is 13.7. The molecule has 1 saturated heterocycles. The summed E-state index contributed by atoms with van der Waals surface area (Å²) in [5.74, 6) is -1.71. The van der Waals surface area contributed by atoms with E-state index in [0.717, 1.165) is 4.90 Å². The van der Waals surface area contributed by atoms with Crippen molar-refractivity contribution in [3.63, 3.8) is 0 Å². The average Bonchev–Trinajstić information content (AvgIpc) is 2.66. The number of anilines is 1. The van der Waals surface area contributed by atoms with Gasteiger partial charge in [-0.05, 0) is 64.6 Å². The molecule has 1 aliphatic rings. The first-order valence-electron chi connectivity index (χ1n) is 7.92. The molecule has 3 rings (SSSR count). The normalized spacial score (nSPS) is 15.5. The number of carbonyl (C=O) groups is 3. The number of imide groups is 2. The number of carbonyl (C=O) groups excluding carboxylic acids is 3. The van der Waals surface area contributed by atoms with E-state index in [1.54, 1.807) is 0 Å². The Balaban J connectivity index is 2.07. The number of nitrogens with zero attached hydrogens (tertiary/aromatic N) is 2. The van der Waals surface area contributed by atoms with Gasteiger partial charge in [0.15, 0.2) is 0 Å². The summed E-state index contributed by atoms with van der Waals surface area (Å²) in [6.45, 7) is 0. The summed E-state index contributed by atoms with van der Waals surface area (Å²) in [4.78, 5) is 48.7. The lowest BCUT2D eigenvalue weighted by atomic mass is 10.1. The Morgan fingerprint density at radius 1 is 1.21 bits per heavy atom. The van der Waals surface area contributed by atoms with E-state index < -0.39 is 22.8 Å². The molecule has 9 nitrogen and oxygen atoms in total. The van der Waals surface area contributed by atoms with Crippen molar-refractivity contribution in [2.24, 2.45) is 0 Å². The molecule has 148 valence electrons. The number of hydrogen-bond acceptors (Lipinski definition) is 6. The van der Waals surface area contributed by atoms with Gasteiger partial charge in [-0.2, -0.15) is 0 Å². The molecule has 0 spiro atoms. The van der Waals surface area contributed by atoms with Crippen LogP contribution < -0.4 is 15.0 Å². The Bertz CT molecular complexity index is 1080. The number of barbiturate groups is 1. The largest absolute Gasteiger partial charge is 0.489 e. The highest BCUT2D eigenvalue weighted by molar-refractivity contribution is 14.1. The van der Waals surface area contributed by atoms with Crippen molar-refractivity contribution < 1.29 is 24.0 Å². The second kappa shape index (κ2) is 8.17. The molecule has 4 amide bonds. The predicted octanol–water partition coefficient (Wildman–Crippen LogP) is 3.53. The molecule has 1 fully saturated rings. The second-order valence-corrected chi connectivity index (χ2v) is 7.35. The van der Waals surface area contributed by atoms with Gasteiger partial charge in [0, 0.05) is 11.1 Å². The monoisotopic (exact) mass is 527 g/mol. The third kappa shape index (κ3) is 4.07.